The molecule has 0 aliphatic rings. The predicted molar refractivity (Wildman–Crippen MR) is 25.2 cm³/mol. The third-order valence-electron chi connectivity index (χ3n) is 0. The summed E-state index contributed by atoms with van der Waals surface area (Å²) in [7, 11) is 0. The predicted octanol–water partition coefficient (Wildman–Crippen LogP) is -9.18. The summed E-state index contributed by atoms with van der Waals surface area (Å²) in [5, 5.41) is -3.22. The van der Waals surface area contributed by atoms with Crippen LogP contribution in [0.3, 0.4) is 0 Å². The Morgan fingerprint density at radius 2 is 0.800 bits per heavy atom. The number of hydrogen-bond donors (Lipinski definition) is 0. The molecule has 0 aliphatic heterocycles. The second-order valence-electron chi connectivity index (χ2n) is 0.399. The second kappa shape index (κ2) is 18.0. The molecule has 10 heteroatoms. The van der Waals surface area contributed by atoms with Crippen molar-refractivity contribution in [3.8, 4) is 0 Å². The minimum Gasteiger partial charge on any atom is -1.00 e. The van der Waals surface area contributed by atoms with Gasteiger partial charge in [-0.2, -0.15) is 0 Å². The van der Waals surface area contributed by atoms with E-state index in [0.717, 1.165) is 0 Å². The molecule has 0 bridgehead atoms. The van der Waals surface area contributed by atoms with E-state index in [0.29, 0.717) is 0 Å². The average molecular weight is 386 g/mol. The normalized spacial score (nSPS) is 5.90. The fourth-order valence-corrected chi connectivity index (χ4v) is 0. The van der Waals surface area contributed by atoms with Gasteiger partial charge >= 0.3 is 31.4 Å². The van der Waals surface area contributed by atoms with E-state index in [1.807, 2.05) is 0 Å². The SMILES string of the molecule is O=P(Cl)(Cl)Cl.[Cl-].[Cl-].[Cl-].[Cl-].[Zr+4]. The smallest absolute Gasteiger partial charge is 1.00 e. The molecule has 0 heterocycles. The third kappa shape index (κ3) is 116. The van der Waals surface area contributed by atoms with Crippen LogP contribution in [0.2, 0.25) is 0 Å². The largest absolute Gasteiger partial charge is 4.00 e. The summed E-state index contributed by atoms with van der Waals surface area (Å²) in [4.78, 5) is 0. The molecule has 0 aliphatic carbocycles. The standard InChI is InChI=1S/Cl3OP.4ClH.Zr/c1-5(2,3)4;;;;;/h;4*1H;/q;;;;;+4/p-4. The molecule has 0 spiro atoms. The molecule has 0 aromatic carbocycles. The Balaban J connectivity index is -0.00000000800. The summed E-state index contributed by atoms with van der Waals surface area (Å²) in [5.74, 6) is 0. The monoisotopic (exact) mass is 382 g/mol. The molecule has 0 aromatic rings. The molecule has 0 aromatic heterocycles. The zero-order valence-corrected chi connectivity index (χ0v) is 12.6. The van der Waals surface area contributed by atoms with Gasteiger partial charge in [0.15, 0.2) is 0 Å². The molecule has 0 rings (SSSR count). The molecule has 0 unspecified atom stereocenters. The van der Waals surface area contributed by atoms with Crippen molar-refractivity contribution in [1.29, 1.82) is 0 Å². The summed E-state index contributed by atoms with van der Waals surface area (Å²) >= 11 is 13.8. The van der Waals surface area contributed by atoms with Crippen molar-refractivity contribution < 1.29 is 80.4 Å². The summed E-state index contributed by atoms with van der Waals surface area (Å²) in [6.07, 6.45) is 0. The van der Waals surface area contributed by atoms with E-state index in [9.17, 15) is 4.57 Å². The fourth-order valence-electron chi connectivity index (χ4n) is 0. The number of rotatable bonds is 0. The first-order valence-electron chi connectivity index (χ1n) is 0.690. The first-order chi connectivity index (χ1) is 2.00. The summed E-state index contributed by atoms with van der Waals surface area (Å²) in [5.41, 5.74) is 0. The van der Waals surface area contributed by atoms with E-state index in [-0.39, 0.29) is 75.8 Å². The number of halogens is 7. The van der Waals surface area contributed by atoms with Crippen LogP contribution < -0.4 is 49.6 Å². The summed E-state index contributed by atoms with van der Waals surface area (Å²) in [6, 6.07) is 0. The Kier molecular flexibility index (Phi) is 68.5. The van der Waals surface area contributed by atoms with Gasteiger partial charge in [0.25, 0.3) is 0 Å². The molecule has 0 amide bonds. The molecule has 0 N–H and O–H groups in total. The van der Waals surface area contributed by atoms with Crippen LogP contribution >= 0.6 is 38.9 Å². The Bertz CT molecular complexity index is 59.7. The number of hydrogen-bond acceptors (Lipinski definition) is 1. The van der Waals surface area contributed by atoms with Crippen molar-refractivity contribution in [1.82, 2.24) is 0 Å². The molecule has 10 heavy (non-hydrogen) atoms. The van der Waals surface area contributed by atoms with E-state index >= 15 is 0 Å². The van der Waals surface area contributed by atoms with Gasteiger partial charge < -0.3 is 49.6 Å². The maximum Gasteiger partial charge on any atom is 4.00 e. The topological polar surface area (TPSA) is 17.1 Å². The molecule has 64 valence electrons. The van der Waals surface area contributed by atoms with Crippen molar-refractivity contribution >= 4 is 38.9 Å². The zero-order chi connectivity index (χ0) is 4.50. The molecule has 0 atom stereocenters. The van der Waals surface area contributed by atoms with Crippen LogP contribution in [0.4, 0.5) is 0 Å². The van der Waals surface area contributed by atoms with E-state index in [1.54, 1.807) is 0 Å². The minimum atomic E-state index is -3.22. The first kappa shape index (κ1) is 38.0. The van der Waals surface area contributed by atoms with Crippen LogP contribution in [0.5, 0.6) is 0 Å². The van der Waals surface area contributed by atoms with E-state index in [4.69, 9.17) is 0 Å². The quantitative estimate of drug-likeness (QED) is 0.378. The Hall–Kier alpha value is 3.14. The third-order valence-corrected chi connectivity index (χ3v) is 0. The second-order valence-corrected chi connectivity index (χ2v) is 7.04. The molecule has 0 radical (unpaired) electrons. The molecule has 0 saturated carbocycles. The van der Waals surface area contributed by atoms with Gasteiger partial charge in [-0.05, 0) is 33.7 Å². The van der Waals surface area contributed by atoms with E-state index in [2.05, 4.69) is 33.7 Å². The van der Waals surface area contributed by atoms with E-state index < -0.39 is 5.20 Å². The van der Waals surface area contributed by atoms with Crippen molar-refractivity contribution in [2.45, 2.75) is 0 Å². The maximum atomic E-state index is 9.51. The molecule has 0 fully saturated rings. The molecule has 0 saturated heterocycles. The first-order valence-corrected chi connectivity index (χ1v) is 5.11. The van der Waals surface area contributed by atoms with Gasteiger partial charge in [-0.15, -0.1) is 0 Å². The van der Waals surface area contributed by atoms with Gasteiger partial charge in [0, 0.05) is 0 Å². The van der Waals surface area contributed by atoms with Crippen LogP contribution in [-0.2, 0) is 30.8 Å². The van der Waals surface area contributed by atoms with Crippen LogP contribution in [0, 0.1) is 0 Å². The van der Waals surface area contributed by atoms with E-state index in [1.165, 1.54) is 0 Å². The van der Waals surface area contributed by atoms with Gasteiger partial charge in [-0.25, -0.2) is 0 Å². The Morgan fingerprint density at radius 1 is 0.800 bits per heavy atom. The maximum absolute atomic E-state index is 9.51. The Morgan fingerprint density at radius 3 is 0.800 bits per heavy atom. The van der Waals surface area contributed by atoms with Crippen molar-refractivity contribution in [2.75, 3.05) is 0 Å². The molecular formula is Cl7OPZr. The van der Waals surface area contributed by atoms with Crippen molar-refractivity contribution in [3.63, 3.8) is 0 Å². The summed E-state index contributed by atoms with van der Waals surface area (Å²) in [6.45, 7) is 0. The van der Waals surface area contributed by atoms with Crippen LogP contribution in [0.15, 0.2) is 0 Å². The summed E-state index contributed by atoms with van der Waals surface area (Å²) < 4.78 is 9.51. The zero-order valence-electron chi connectivity index (χ0n) is 4.00. The van der Waals surface area contributed by atoms with Crippen LogP contribution in [0.25, 0.3) is 0 Å². The van der Waals surface area contributed by atoms with Crippen LogP contribution in [0.1, 0.15) is 0 Å². The van der Waals surface area contributed by atoms with Gasteiger partial charge in [0.2, 0.25) is 0 Å². The van der Waals surface area contributed by atoms with Gasteiger partial charge in [0.05, 0.1) is 0 Å². The van der Waals surface area contributed by atoms with Crippen molar-refractivity contribution in [3.05, 3.63) is 0 Å². The fraction of sp³-hybridized carbons (Fsp3) is 0. The Labute approximate surface area is 118 Å². The van der Waals surface area contributed by atoms with Crippen molar-refractivity contribution in [2.24, 2.45) is 0 Å². The molecule has 1 nitrogen and oxygen atoms in total. The molecular weight excluding hydrogens is 386 g/mol. The van der Waals surface area contributed by atoms with Gasteiger partial charge in [-0.3, -0.25) is 4.57 Å². The van der Waals surface area contributed by atoms with Gasteiger partial charge in [-0.1, -0.05) is 0 Å². The van der Waals surface area contributed by atoms with Crippen LogP contribution in [-0.4, -0.2) is 0 Å². The average Bonchev–Trinajstić information content (AvgIpc) is 0.722. The minimum absolute atomic E-state index is 0. The van der Waals surface area contributed by atoms with Gasteiger partial charge in [0.1, 0.15) is 0 Å².